The summed E-state index contributed by atoms with van der Waals surface area (Å²) in [5.74, 6) is 6.57. The molecule has 0 spiro atoms. The molecule has 4 nitrogen and oxygen atoms in total. The highest BCUT2D eigenvalue weighted by molar-refractivity contribution is 6.37. The number of aromatic nitrogens is 1. The van der Waals surface area contributed by atoms with Gasteiger partial charge in [0.1, 0.15) is 5.82 Å². The van der Waals surface area contributed by atoms with Crippen LogP contribution in [0, 0.1) is 0 Å². The molecule has 0 bridgehead atoms. The third-order valence-corrected chi connectivity index (χ3v) is 3.77. The lowest BCUT2D eigenvalue weighted by Gasteiger charge is -2.33. The minimum Gasteiger partial charge on any atom is -0.350 e. The molecule has 0 saturated carbocycles. The Kier molecular flexibility index (Phi) is 3.39. The molecule has 2 heterocycles. The first-order chi connectivity index (χ1) is 7.95. The Morgan fingerprint density at radius 3 is 2.65 bits per heavy atom. The largest absolute Gasteiger partial charge is 0.350 e. The van der Waals surface area contributed by atoms with Gasteiger partial charge >= 0.3 is 0 Å². The molecular weight excluding hydrogens is 259 g/mol. The van der Waals surface area contributed by atoms with E-state index in [1.807, 2.05) is 0 Å². The van der Waals surface area contributed by atoms with Crippen molar-refractivity contribution in [3.05, 3.63) is 16.1 Å². The van der Waals surface area contributed by atoms with Gasteiger partial charge in [-0.25, -0.2) is 10.8 Å². The molecule has 1 aromatic heterocycles. The van der Waals surface area contributed by atoms with Crippen molar-refractivity contribution in [3.63, 3.8) is 0 Å². The number of hydrogen-bond acceptors (Lipinski definition) is 4. The number of nitrogen functional groups attached to an aromatic ring is 1. The van der Waals surface area contributed by atoms with Crippen molar-refractivity contribution >= 4 is 34.8 Å². The van der Waals surface area contributed by atoms with E-state index < -0.39 is 0 Å². The van der Waals surface area contributed by atoms with E-state index in [1.165, 1.54) is 0 Å². The summed E-state index contributed by atoms with van der Waals surface area (Å²) >= 11 is 12.2. The van der Waals surface area contributed by atoms with Crippen molar-refractivity contribution < 1.29 is 0 Å². The first kappa shape index (κ1) is 12.7. The molecule has 0 aliphatic carbocycles. The number of rotatable bonds is 2. The Bertz CT molecular complexity index is 434. The molecular formula is C11H16Cl2N4. The lowest BCUT2D eigenvalue weighted by molar-refractivity contribution is 0.514. The normalized spacial score (nSPS) is 18.5. The molecule has 1 aliphatic heterocycles. The van der Waals surface area contributed by atoms with Crippen molar-refractivity contribution in [1.29, 1.82) is 0 Å². The van der Waals surface area contributed by atoms with Gasteiger partial charge in [0, 0.05) is 12.1 Å². The van der Waals surface area contributed by atoms with Gasteiger partial charge in [-0.1, -0.05) is 23.2 Å². The van der Waals surface area contributed by atoms with Gasteiger partial charge in [-0.2, -0.15) is 0 Å². The predicted octanol–water partition coefficient (Wildman–Crippen LogP) is 3.05. The monoisotopic (exact) mass is 274 g/mol. The van der Waals surface area contributed by atoms with E-state index in [4.69, 9.17) is 29.0 Å². The summed E-state index contributed by atoms with van der Waals surface area (Å²) in [7, 11) is 0. The minimum absolute atomic E-state index is 0.0658. The number of pyridine rings is 1. The summed E-state index contributed by atoms with van der Waals surface area (Å²) in [5.41, 5.74) is 2.55. The molecule has 6 heteroatoms. The summed E-state index contributed by atoms with van der Waals surface area (Å²) in [6.07, 6.45) is 2.26. The van der Waals surface area contributed by atoms with E-state index in [0.717, 1.165) is 25.2 Å². The maximum Gasteiger partial charge on any atom is 0.161 e. The lowest BCUT2D eigenvalue weighted by Crippen LogP contribution is -2.39. The van der Waals surface area contributed by atoms with E-state index in [9.17, 15) is 0 Å². The van der Waals surface area contributed by atoms with Crippen LogP contribution in [0.2, 0.25) is 10.0 Å². The standard InChI is InChI=1S/C11H16Cl2N4/c1-11(2)4-3-5-17(11)10-8(13)6-7(12)9(15-10)16-14/h6H,3-5,14H2,1-2H3,(H,15,16). The molecule has 0 amide bonds. The molecule has 3 N–H and O–H groups in total. The molecule has 1 fully saturated rings. The first-order valence-electron chi connectivity index (χ1n) is 5.56. The quantitative estimate of drug-likeness (QED) is 0.643. The fourth-order valence-electron chi connectivity index (χ4n) is 2.25. The van der Waals surface area contributed by atoms with Crippen LogP contribution in [-0.2, 0) is 0 Å². The number of anilines is 2. The van der Waals surface area contributed by atoms with E-state index >= 15 is 0 Å². The van der Waals surface area contributed by atoms with Crippen LogP contribution in [0.15, 0.2) is 6.07 Å². The van der Waals surface area contributed by atoms with Crippen molar-refractivity contribution in [1.82, 2.24) is 4.98 Å². The van der Waals surface area contributed by atoms with E-state index in [2.05, 4.69) is 29.2 Å². The van der Waals surface area contributed by atoms with Gasteiger partial charge in [-0.3, -0.25) is 0 Å². The van der Waals surface area contributed by atoms with Gasteiger partial charge in [0.15, 0.2) is 5.82 Å². The maximum atomic E-state index is 6.21. The molecule has 17 heavy (non-hydrogen) atoms. The number of hydrogen-bond donors (Lipinski definition) is 2. The molecule has 0 unspecified atom stereocenters. The van der Waals surface area contributed by atoms with Crippen LogP contribution in [-0.4, -0.2) is 17.1 Å². The third-order valence-electron chi connectivity index (χ3n) is 3.20. The Morgan fingerprint density at radius 1 is 1.41 bits per heavy atom. The zero-order valence-electron chi connectivity index (χ0n) is 9.93. The molecule has 0 radical (unpaired) electrons. The Balaban J connectivity index is 2.45. The molecule has 1 saturated heterocycles. The highest BCUT2D eigenvalue weighted by Gasteiger charge is 2.34. The highest BCUT2D eigenvalue weighted by atomic mass is 35.5. The number of nitrogens with one attached hydrogen (secondary N) is 1. The fraction of sp³-hybridized carbons (Fsp3) is 0.545. The predicted molar refractivity (Wildman–Crippen MR) is 72.7 cm³/mol. The van der Waals surface area contributed by atoms with Crippen molar-refractivity contribution in [3.8, 4) is 0 Å². The second kappa shape index (κ2) is 4.52. The van der Waals surface area contributed by atoms with Gasteiger partial charge in [0.25, 0.3) is 0 Å². The third kappa shape index (κ3) is 2.30. The van der Waals surface area contributed by atoms with Gasteiger partial charge in [-0.05, 0) is 32.8 Å². The first-order valence-corrected chi connectivity index (χ1v) is 6.31. The van der Waals surface area contributed by atoms with Crippen LogP contribution < -0.4 is 16.2 Å². The topological polar surface area (TPSA) is 54.2 Å². The van der Waals surface area contributed by atoms with Crippen molar-refractivity contribution in [2.45, 2.75) is 32.2 Å². The lowest BCUT2D eigenvalue weighted by atomic mass is 10.0. The van der Waals surface area contributed by atoms with E-state index in [0.29, 0.717) is 15.9 Å². The summed E-state index contributed by atoms with van der Waals surface area (Å²) in [5, 5.41) is 0.988. The van der Waals surface area contributed by atoms with E-state index in [1.54, 1.807) is 6.07 Å². The van der Waals surface area contributed by atoms with Crippen LogP contribution in [0.25, 0.3) is 0 Å². The number of nitrogens with two attached hydrogens (primary N) is 1. The second-order valence-electron chi connectivity index (χ2n) is 4.84. The number of hydrazine groups is 1. The SMILES string of the molecule is CC1(C)CCCN1c1nc(NN)c(Cl)cc1Cl. The second-order valence-corrected chi connectivity index (χ2v) is 5.65. The average molecular weight is 275 g/mol. The number of nitrogens with zero attached hydrogens (tertiary/aromatic N) is 2. The van der Waals surface area contributed by atoms with Gasteiger partial charge < -0.3 is 10.3 Å². The smallest absolute Gasteiger partial charge is 0.161 e. The molecule has 2 rings (SSSR count). The Labute approximate surface area is 111 Å². The van der Waals surface area contributed by atoms with Crippen molar-refractivity contribution in [2.24, 2.45) is 5.84 Å². The zero-order chi connectivity index (χ0) is 12.6. The average Bonchev–Trinajstić information content (AvgIpc) is 2.59. The Morgan fingerprint density at radius 2 is 2.12 bits per heavy atom. The van der Waals surface area contributed by atoms with Crippen LogP contribution in [0.3, 0.4) is 0 Å². The van der Waals surface area contributed by atoms with Crippen LogP contribution in [0.4, 0.5) is 11.6 Å². The van der Waals surface area contributed by atoms with Gasteiger partial charge in [0.2, 0.25) is 0 Å². The molecule has 0 aromatic carbocycles. The molecule has 94 valence electrons. The Hall–Kier alpha value is -0.710. The molecule has 1 aliphatic rings. The summed E-state index contributed by atoms with van der Waals surface area (Å²) < 4.78 is 0. The van der Waals surface area contributed by atoms with Crippen molar-refractivity contribution in [2.75, 3.05) is 16.9 Å². The van der Waals surface area contributed by atoms with Gasteiger partial charge in [-0.15, -0.1) is 0 Å². The van der Waals surface area contributed by atoms with Crippen LogP contribution >= 0.6 is 23.2 Å². The highest BCUT2D eigenvalue weighted by Crippen LogP contribution is 2.38. The zero-order valence-corrected chi connectivity index (χ0v) is 11.4. The van der Waals surface area contributed by atoms with Gasteiger partial charge in [0.05, 0.1) is 10.0 Å². The number of halogens is 2. The summed E-state index contributed by atoms with van der Waals surface area (Å²) in [6.45, 7) is 5.32. The summed E-state index contributed by atoms with van der Waals surface area (Å²) in [6, 6.07) is 1.68. The fourth-order valence-corrected chi connectivity index (χ4v) is 2.76. The summed E-state index contributed by atoms with van der Waals surface area (Å²) in [4.78, 5) is 6.59. The van der Waals surface area contributed by atoms with Crippen LogP contribution in [0.5, 0.6) is 0 Å². The van der Waals surface area contributed by atoms with E-state index in [-0.39, 0.29) is 5.54 Å². The van der Waals surface area contributed by atoms with Crippen LogP contribution in [0.1, 0.15) is 26.7 Å². The maximum absolute atomic E-state index is 6.21. The molecule has 1 aromatic rings. The molecule has 0 atom stereocenters. The minimum atomic E-state index is 0.0658.